The average Bonchev–Trinajstić information content (AvgIpc) is 2.46. The number of hydrogen-bond donors (Lipinski definition) is 0. The van der Waals surface area contributed by atoms with Crippen molar-refractivity contribution in [1.29, 1.82) is 0 Å². The summed E-state index contributed by atoms with van der Waals surface area (Å²) in [5.74, 6) is 0. The first-order valence-corrected chi connectivity index (χ1v) is 12.5. The van der Waals surface area contributed by atoms with E-state index < -0.39 is 4.25 Å². The van der Waals surface area contributed by atoms with Crippen LogP contribution < -0.4 is 0 Å². The minimum absolute atomic E-state index is 0.369. The summed E-state index contributed by atoms with van der Waals surface area (Å²) in [6, 6.07) is 14.2. The molecule has 0 aliphatic carbocycles. The van der Waals surface area contributed by atoms with Crippen LogP contribution in [0.25, 0.3) is 10.8 Å². The monoisotopic (exact) mass is 386 g/mol. The van der Waals surface area contributed by atoms with E-state index >= 15 is 0 Å². The number of fused-ring (bicyclic) bond motifs is 1. The zero-order valence-electron chi connectivity index (χ0n) is 11.7. The summed E-state index contributed by atoms with van der Waals surface area (Å²) in [5.41, 5.74) is 1.27. The summed E-state index contributed by atoms with van der Waals surface area (Å²) < 4.78 is -2.31. The molecule has 0 aliphatic heterocycles. The molecular weight excluding hydrogens is 366 g/mol. The van der Waals surface area contributed by atoms with Crippen LogP contribution in [0, 0.1) is 0 Å². The van der Waals surface area contributed by atoms with Crippen LogP contribution in [0.15, 0.2) is 42.5 Å². The van der Waals surface area contributed by atoms with Crippen molar-refractivity contribution in [3.63, 3.8) is 0 Å². The van der Waals surface area contributed by atoms with E-state index in [4.69, 9.17) is 0 Å². The van der Waals surface area contributed by atoms with Gasteiger partial charge >= 0.3 is 128 Å². The van der Waals surface area contributed by atoms with Crippen molar-refractivity contribution in [2.24, 2.45) is 0 Å². The third kappa shape index (κ3) is 2.57. The van der Waals surface area contributed by atoms with E-state index in [2.05, 4.69) is 60.8 Å². The van der Waals surface area contributed by atoms with Crippen LogP contribution in [0.1, 0.15) is 24.2 Å². The van der Waals surface area contributed by atoms with E-state index in [-0.39, 0.29) is 0 Å². The van der Waals surface area contributed by atoms with Crippen LogP contribution in [0.4, 0.5) is 0 Å². The fraction of sp³-hybridized carbons (Fsp3) is 0.312. The van der Waals surface area contributed by atoms with Gasteiger partial charge in [0.15, 0.2) is 0 Å². The number of hydrogen-bond acceptors (Lipinski definition) is 1. The Hall–Kier alpha value is -0.470. The molecule has 0 aromatic heterocycles. The van der Waals surface area contributed by atoms with Crippen LogP contribution in [0.5, 0.6) is 0 Å². The van der Waals surface area contributed by atoms with Gasteiger partial charge in [0.1, 0.15) is 0 Å². The number of halogens is 1. The first-order chi connectivity index (χ1) is 8.91. The predicted octanol–water partition coefficient (Wildman–Crippen LogP) is 5.55. The molecule has 19 heavy (non-hydrogen) atoms. The van der Waals surface area contributed by atoms with Crippen molar-refractivity contribution in [1.82, 2.24) is 0 Å². The minimum atomic E-state index is -2.31. The van der Waals surface area contributed by atoms with Gasteiger partial charge in [0.2, 0.25) is 0 Å². The second-order valence-electron chi connectivity index (χ2n) is 5.35. The van der Waals surface area contributed by atoms with Gasteiger partial charge in [-0.25, -0.2) is 0 Å². The topological polar surface area (TPSA) is 17.1 Å². The van der Waals surface area contributed by atoms with Gasteiger partial charge in [-0.1, -0.05) is 0 Å². The van der Waals surface area contributed by atoms with Gasteiger partial charge in [0.05, 0.1) is 0 Å². The molecule has 0 bridgehead atoms. The Bertz CT molecular complexity index is 620. The fourth-order valence-electron chi connectivity index (χ4n) is 2.26. The number of rotatable bonds is 4. The van der Waals surface area contributed by atoms with E-state index in [1.165, 1.54) is 0 Å². The molecule has 1 nitrogen and oxygen atoms in total. The van der Waals surface area contributed by atoms with Gasteiger partial charge in [0, 0.05) is 0 Å². The average molecular weight is 386 g/mol. The van der Waals surface area contributed by atoms with Crippen molar-refractivity contribution in [2.75, 3.05) is 19.0 Å². The molecule has 102 valence electrons. The second-order valence-corrected chi connectivity index (χ2v) is 19.2. The van der Waals surface area contributed by atoms with E-state index in [0.29, 0.717) is 5.52 Å². The Morgan fingerprint density at radius 3 is 2.26 bits per heavy atom. The maximum absolute atomic E-state index is 13.1. The molecular formula is C16H20IOP. The van der Waals surface area contributed by atoms with Crippen LogP contribution in [0.2, 0.25) is 0 Å². The normalized spacial score (nSPS) is 14.0. The van der Waals surface area contributed by atoms with E-state index in [1.54, 1.807) is 0 Å². The molecule has 3 heteroatoms. The van der Waals surface area contributed by atoms with Crippen LogP contribution in [0.3, 0.4) is 0 Å². The van der Waals surface area contributed by atoms with Crippen LogP contribution in [-0.4, -0.2) is 24.5 Å². The molecule has 0 saturated heterocycles. The summed E-state index contributed by atoms with van der Waals surface area (Å²) in [4.78, 5) is 13.1. The van der Waals surface area contributed by atoms with E-state index in [9.17, 15) is 4.79 Å². The third-order valence-electron chi connectivity index (χ3n) is 4.22. The molecule has 0 aliphatic rings. The standard InChI is InChI=1S/C16H20IOP/c1-4-19(3,17,5-2)16(18)15-12-8-10-13-9-6-7-11-14(13)15/h6-12H,4-5H2,1-3H3. The van der Waals surface area contributed by atoms with Gasteiger partial charge in [0.25, 0.3) is 0 Å². The van der Waals surface area contributed by atoms with Crippen molar-refractivity contribution in [3.8, 4) is 0 Å². The van der Waals surface area contributed by atoms with Crippen LogP contribution >= 0.6 is 26.3 Å². The number of carbonyl (C=O) groups excluding carboxylic acids is 1. The summed E-state index contributed by atoms with van der Waals surface area (Å²) in [7, 11) is 0. The van der Waals surface area contributed by atoms with Gasteiger partial charge in [-0.15, -0.1) is 0 Å². The predicted molar refractivity (Wildman–Crippen MR) is 96.2 cm³/mol. The Balaban J connectivity index is 2.66. The summed E-state index contributed by atoms with van der Waals surface area (Å²) in [6.07, 6.45) is 1.93. The van der Waals surface area contributed by atoms with Crippen molar-refractivity contribution in [2.45, 2.75) is 13.8 Å². The molecule has 0 saturated carbocycles. The SMILES string of the molecule is CCP(C)(I)(CC)C(=O)c1cccc2ccccc12. The van der Waals surface area contributed by atoms with E-state index in [0.717, 1.165) is 28.7 Å². The van der Waals surface area contributed by atoms with Gasteiger partial charge in [-0.2, -0.15) is 0 Å². The molecule has 0 amide bonds. The molecule has 2 rings (SSSR count). The summed E-state index contributed by atoms with van der Waals surface area (Å²) in [5, 5.41) is 2.24. The first kappa shape index (κ1) is 14.9. The van der Waals surface area contributed by atoms with Crippen molar-refractivity contribution < 1.29 is 4.79 Å². The Kier molecular flexibility index (Phi) is 4.04. The maximum atomic E-state index is 13.1. The van der Waals surface area contributed by atoms with E-state index in [1.807, 2.05) is 24.3 Å². The quantitative estimate of drug-likeness (QED) is 0.497. The first-order valence-electron chi connectivity index (χ1n) is 6.66. The van der Waals surface area contributed by atoms with Gasteiger partial charge < -0.3 is 0 Å². The number of carbonyl (C=O) groups is 1. The van der Waals surface area contributed by atoms with Crippen LogP contribution in [-0.2, 0) is 0 Å². The molecule has 0 spiro atoms. The molecule has 0 N–H and O–H groups in total. The molecule has 0 unspecified atom stereocenters. The zero-order valence-corrected chi connectivity index (χ0v) is 14.7. The second kappa shape index (κ2) is 5.14. The summed E-state index contributed by atoms with van der Waals surface area (Å²) in [6.45, 7) is 6.50. The summed E-state index contributed by atoms with van der Waals surface area (Å²) >= 11 is 2.48. The molecule has 0 heterocycles. The van der Waals surface area contributed by atoms with Gasteiger partial charge in [-0.05, 0) is 0 Å². The van der Waals surface area contributed by atoms with Crippen molar-refractivity contribution in [3.05, 3.63) is 48.0 Å². The third-order valence-corrected chi connectivity index (χ3v) is 14.3. The Labute approximate surface area is 128 Å². The Morgan fingerprint density at radius 1 is 1.05 bits per heavy atom. The number of benzene rings is 2. The van der Waals surface area contributed by atoms with Crippen molar-refractivity contribution >= 4 is 42.6 Å². The fourth-order valence-corrected chi connectivity index (χ4v) is 4.93. The molecule has 2 aromatic carbocycles. The molecule has 0 radical (unpaired) electrons. The molecule has 0 atom stereocenters. The molecule has 2 aromatic rings. The van der Waals surface area contributed by atoms with Gasteiger partial charge in [-0.3, -0.25) is 0 Å². The molecule has 0 fully saturated rings. The Morgan fingerprint density at radius 2 is 1.63 bits per heavy atom. The zero-order chi connectivity index (χ0) is 14.1.